The van der Waals surface area contributed by atoms with Crippen LogP contribution in [0.2, 0.25) is 0 Å². The van der Waals surface area contributed by atoms with Gasteiger partial charge in [0.2, 0.25) is 5.91 Å². The lowest BCUT2D eigenvalue weighted by molar-refractivity contribution is -0.384. The van der Waals surface area contributed by atoms with Crippen LogP contribution in [0.15, 0.2) is 77.7 Å². The van der Waals surface area contributed by atoms with Gasteiger partial charge in [0, 0.05) is 34.0 Å². The molecule has 0 aliphatic rings. The highest BCUT2D eigenvalue weighted by Crippen LogP contribution is 2.22. The molecule has 10 heteroatoms. The first-order valence-electron chi connectivity index (χ1n) is 9.24. The minimum absolute atomic E-state index is 0.134. The lowest BCUT2D eigenvalue weighted by atomic mass is 10.2. The number of amides is 2. The number of hydrogen-bond acceptors (Lipinski definition) is 6. The van der Waals surface area contributed by atoms with Crippen molar-refractivity contribution in [2.75, 3.05) is 16.4 Å². The Labute approximate surface area is 186 Å². The van der Waals surface area contributed by atoms with E-state index in [1.54, 1.807) is 24.3 Å². The van der Waals surface area contributed by atoms with E-state index in [2.05, 4.69) is 10.6 Å². The first-order valence-corrected chi connectivity index (χ1v) is 10.2. The fraction of sp³-hybridized carbons (Fsp3) is 0.0455. The predicted molar refractivity (Wildman–Crippen MR) is 120 cm³/mol. The molecule has 32 heavy (non-hydrogen) atoms. The Balaban J connectivity index is 1.51. The number of thioether (sulfide) groups is 1. The number of nitrogens with one attached hydrogen (secondary N) is 2. The number of nitrogens with zero attached hydrogens (tertiary/aromatic N) is 1. The highest BCUT2D eigenvalue weighted by molar-refractivity contribution is 8.00. The summed E-state index contributed by atoms with van der Waals surface area (Å²) in [5.41, 5.74) is 1.15. The zero-order valence-electron chi connectivity index (χ0n) is 16.5. The molecular weight excluding hydrogens is 434 g/mol. The molecule has 0 bridgehead atoms. The number of rotatable bonds is 8. The van der Waals surface area contributed by atoms with Gasteiger partial charge in [0.15, 0.2) is 0 Å². The summed E-state index contributed by atoms with van der Waals surface area (Å²) in [6.45, 7) is 0. The van der Waals surface area contributed by atoms with Crippen LogP contribution >= 0.6 is 11.8 Å². The molecule has 2 amide bonds. The lowest BCUT2D eigenvalue weighted by Crippen LogP contribution is -2.14. The van der Waals surface area contributed by atoms with Gasteiger partial charge in [-0.15, -0.1) is 11.8 Å². The van der Waals surface area contributed by atoms with Crippen molar-refractivity contribution >= 4 is 46.6 Å². The molecule has 3 rings (SSSR count). The van der Waals surface area contributed by atoms with Crippen LogP contribution < -0.4 is 10.6 Å². The van der Waals surface area contributed by atoms with Crippen LogP contribution in [0.5, 0.6) is 0 Å². The van der Waals surface area contributed by atoms with Gasteiger partial charge in [-0.05, 0) is 54.6 Å². The minimum atomic E-state index is -1.04. The van der Waals surface area contributed by atoms with Gasteiger partial charge in [-0.2, -0.15) is 0 Å². The van der Waals surface area contributed by atoms with Crippen molar-refractivity contribution in [2.45, 2.75) is 4.90 Å². The number of carboxylic acids is 1. The Bertz CT molecular complexity index is 1160. The molecule has 0 aliphatic carbocycles. The van der Waals surface area contributed by atoms with E-state index in [0.717, 1.165) is 4.90 Å². The maximum absolute atomic E-state index is 12.3. The third kappa shape index (κ3) is 6.16. The van der Waals surface area contributed by atoms with Gasteiger partial charge in [0.05, 0.1) is 16.2 Å². The van der Waals surface area contributed by atoms with Crippen molar-refractivity contribution in [1.29, 1.82) is 0 Å². The summed E-state index contributed by atoms with van der Waals surface area (Å²) in [6, 6.07) is 18.1. The summed E-state index contributed by atoms with van der Waals surface area (Å²) < 4.78 is 0. The van der Waals surface area contributed by atoms with E-state index < -0.39 is 16.8 Å². The first-order chi connectivity index (χ1) is 15.3. The standard InChI is InChI=1S/C22H17N3O6S/c26-20(23-16-6-4-14(5-7-16)22(28)29)13-32-19-10-8-17(9-11-19)24-21(27)15-2-1-3-18(12-15)25(30)31/h1-12H,13H2,(H,23,26)(H,24,27)(H,28,29). The molecule has 162 valence electrons. The highest BCUT2D eigenvalue weighted by Gasteiger charge is 2.12. The van der Waals surface area contributed by atoms with Crippen LogP contribution in [-0.2, 0) is 4.79 Å². The molecular formula is C22H17N3O6S. The van der Waals surface area contributed by atoms with E-state index in [9.17, 15) is 24.5 Å². The fourth-order valence-electron chi connectivity index (χ4n) is 2.64. The smallest absolute Gasteiger partial charge is 0.335 e. The van der Waals surface area contributed by atoms with Crippen LogP contribution in [-0.4, -0.2) is 33.6 Å². The van der Waals surface area contributed by atoms with Crippen LogP contribution in [0.25, 0.3) is 0 Å². The van der Waals surface area contributed by atoms with Gasteiger partial charge in [-0.25, -0.2) is 4.79 Å². The topological polar surface area (TPSA) is 139 Å². The third-order valence-electron chi connectivity index (χ3n) is 4.22. The normalized spacial score (nSPS) is 10.2. The molecule has 0 saturated carbocycles. The zero-order valence-corrected chi connectivity index (χ0v) is 17.3. The van der Waals surface area contributed by atoms with E-state index in [-0.39, 0.29) is 28.5 Å². The number of nitro groups is 1. The number of benzene rings is 3. The van der Waals surface area contributed by atoms with E-state index in [0.29, 0.717) is 11.4 Å². The molecule has 9 nitrogen and oxygen atoms in total. The Morgan fingerprint density at radius 2 is 1.50 bits per heavy atom. The predicted octanol–water partition coefficient (Wildman–Crippen LogP) is 4.28. The van der Waals surface area contributed by atoms with Crippen molar-refractivity contribution in [2.24, 2.45) is 0 Å². The number of hydrogen-bond donors (Lipinski definition) is 3. The maximum atomic E-state index is 12.3. The second-order valence-electron chi connectivity index (χ2n) is 6.51. The van der Waals surface area contributed by atoms with Crippen molar-refractivity contribution < 1.29 is 24.4 Å². The fourth-order valence-corrected chi connectivity index (χ4v) is 3.34. The summed E-state index contributed by atoms with van der Waals surface area (Å²) >= 11 is 1.29. The molecule has 0 aromatic heterocycles. The van der Waals surface area contributed by atoms with Crippen LogP contribution in [0.1, 0.15) is 20.7 Å². The van der Waals surface area contributed by atoms with Crippen molar-refractivity contribution in [3.8, 4) is 0 Å². The molecule has 3 aromatic rings. The number of aromatic carboxylic acids is 1. The van der Waals surface area contributed by atoms with Gasteiger partial charge in [0.1, 0.15) is 0 Å². The van der Waals surface area contributed by atoms with Crippen LogP contribution in [0.4, 0.5) is 17.1 Å². The molecule has 0 spiro atoms. The summed E-state index contributed by atoms with van der Waals surface area (Å²) in [6.07, 6.45) is 0. The molecule has 0 atom stereocenters. The molecule has 3 N–H and O–H groups in total. The monoisotopic (exact) mass is 451 g/mol. The second kappa shape index (κ2) is 10.2. The SMILES string of the molecule is O=C(CSc1ccc(NC(=O)c2cccc([N+](=O)[O-])c2)cc1)Nc1ccc(C(=O)O)cc1. The Hall–Kier alpha value is -4.18. The van der Waals surface area contributed by atoms with E-state index in [1.165, 1.54) is 60.3 Å². The number of carbonyl (C=O) groups is 3. The lowest BCUT2D eigenvalue weighted by Gasteiger charge is -2.08. The largest absolute Gasteiger partial charge is 0.478 e. The van der Waals surface area contributed by atoms with Gasteiger partial charge in [0.25, 0.3) is 11.6 Å². The van der Waals surface area contributed by atoms with Crippen LogP contribution in [0, 0.1) is 10.1 Å². The van der Waals surface area contributed by atoms with E-state index in [1.807, 2.05) is 0 Å². The molecule has 3 aromatic carbocycles. The summed E-state index contributed by atoms with van der Waals surface area (Å²) in [7, 11) is 0. The van der Waals surface area contributed by atoms with Gasteiger partial charge in [-0.1, -0.05) is 6.07 Å². The first kappa shape index (κ1) is 22.5. The molecule has 0 fully saturated rings. The molecule has 0 saturated heterocycles. The Morgan fingerprint density at radius 3 is 2.12 bits per heavy atom. The average Bonchev–Trinajstić information content (AvgIpc) is 2.79. The number of non-ortho nitro benzene ring substituents is 1. The Morgan fingerprint density at radius 1 is 0.875 bits per heavy atom. The maximum Gasteiger partial charge on any atom is 0.335 e. The number of anilines is 2. The quantitative estimate of drug-likeness (QED) is 0.264. The van der Waals surface area contributed by atoms with Crippen LogP contribution in [0.3, 0.4) is 0 Å². The van der Waals surface area contributed by atoms with Crippen molar-refractivity contribution in [1.82, 2.24) is 0 Å². The van der Waals surface area contributed by atoms with E-state index in [4.69, 9.17) is 5.11 Å². The third-order valence-corrected chi connectivity index (χ3v) is 5.23. The zero-order chi connectivity index (χ0) is 23.1. The number of carboxylic acid groups (broad SMARTS) is 1. The summed E-state index contributed by atoms with van der Waals surface area (Å²) in [5, 5.41) is 25.1. The number of carbonyl (C=O) groups excluding carboxylic acids is 2. The molecule has 0 unspecified atom stereocenters. The molecule has 0 aliphatic heterocycles. The highest BCUT2D eigenvalue weighted by atomic mass is 32.2. The number of nitro benzene ring substituents is 1. The van der Waals surface area contributed by atoms with Gasteiger partial charge in [-0.3, -0.25) is 19.7 Å². The summed E-state index contributed by atoms with van der Waals surface area (Å²) in [4.78, 5) is 46.3. The van der Waals surface area contributed by atoms with Gasteiger partial charge >= 0.3 is 5.97 Å². The van der Waals surface area contributed by atoms with Crippen molar-refractivity contribution in [3.05, 3.63) is 94.0 Å². The van der Waals surface area contributed by atoms with Gasteiger partial charge < -0.3 is 15.7 Å². The minimum Gasteiger partial charge on any atom is -0.478 e. The Kier molecular flexibility index (Phi) is 7.19. The van der Waals surface area contributed by atoms with E-state index >= 15 is 0 Å². The molecule has 0 radical (unpaired) electrons. The second-order valence-corrected chi connectivity index (χ2v) is 7.55. The van der Waals surface area contributed by atoms with Crippen molar-refractivity contribution in [3.63, 3.8) is 0 Å². The average molecular weight is 451 g/mol. The summed E-state index contributed by atoms with van der Waals surface area (Å²) in [5.74, 6) is -1.62. The molecule has 0 heterocycles.